The first kappa shape index (κ1) is 17.0. The van der Waals surface area contributed by atoms with E-state index in [1.807, 2.05) is 0 Å². The van der Waals surface area contributed by atoms with E-state index in [1.54, 1.807) is 13.0 Å². The lowest BCUT2D eigenvalue weighted by molar-refractivity contribution is -0.140. The van der Waals surface area contributed by atoms with Gasteiger partial charge in [0.05, 0.1) is 11.1 Å². The molecule has 2 aliphatic heterocycles. The fourth-order valence-corrected chi connectivity index (χ4v) is 2.96. The third-order valence-corrected chi connectivity index (χ3v) is 4.43. The highest BCUT2D eigenvalue weighted by atomic mass is 35.5. The fraction of sp³-hybridized carbons (Fsp3) is 0.333. The predicted molar refractivity (Wildman–Crippen MR) is 84.1 cm³/mol. The van der Waals surface area contributed by atoms with E-state index >= 15 is 0 Å². The van der Waals surface area contributed by atoms with Gasteiger partial charge in [-0.1, -0.05) is 0 Å². The van der Waals surface area contributed by atoms with Crippen LogP contribution < -0.4 is 11.1 Å². The average molecular weight is 338 g/mol. The zero-order chi connectivity index (χ0) is 16.2. The number of nitrogens with zero attached hydrogens (tertiary/aromatic N) is 1. The van der Waals surface area contributed by atoms with E-state index in [9.17, 15) is 19.2 Å². The number of nitrogens with one attached hydrogen (secondary N) is 1. The molecule has 7 nitrogen and oxygen atoms in total. The van der Waals surface area contributed by atoms with Crippen LogP contribution in [0.15, 0.2) is 12.1 Å². The summed E-state index contributed by atoms with van der Waals surface area (Å²) in [4.78, 5) is 49.8. The van der Waals surface area contributed by atoms with E-state index in [0.29, 0.717) is 11.3 Å². The third-order valence-electron chi connectivity index (χ3n) is 4.43. The summed E-state index contributed by atoms with van der Waals surface area (Å²) < 4.78 is 0. The summed E-state index contributed by atoms with van der Waals surface area (Å²) in [5.74, 6) is -2.12. The highest BCUT2D eigenvalue weighted by Gasteiger charge is 2.53. The van der Waals surface area contributed by atoms with Gasteiger partial charge in [-0.3, -0.25) is 29.4 Å². The zero-order valence-corrected chi connectivity index (χ0v) is 13.5. The second-order valence-corrected chi connectivity index (χ2v) is 5.80. The molecular weight excluding hydrogens is 322 g/mol. The molecule has 1 aromatic carbocycles. The summed E-state index contributed by atoms with van der Waals surface area (Å²) in [6.45, 7) is 3.16. The number of rotatable bonds is 1. The summed E-state index contributed by atoms with van der Waals surface area (Å²) in [5, 5.41) is 2.19. The molecule has 2 aliphatic rings. The first-order valence-electron chi connectivity index (χ1n) is 6.89. The number of nitrogens with two attached hydrogens (primary N) is 1. The Balaban J connectivity index is 0.00000192. The van der Waals surface area contributed by atoms with Crippen molar-refractivity contribution in [1.82, 2.24) is 10.2 Å². The Morgan fingerprint density at radius 3 is 2.43 bits per heavy atom. The second-order valence-electron chi connectivity index (χ2n) is 5.80. The van der Waals surface area contributed by atoms with Crippen LogP contribution in [0.4, 0.5) is 5.69 Å². The monoisotopic (exact) mass is 337 g/mol. The molecule has 23 heavy (non-hydrogen) atoms. The molecule has 0 aliphatic carbocycles. The Morgan fingerprint density at radius 1 is 1.17 bits per heavy atom. The molecular formula is C15H16ClN3O4. The quantitative estimate of drug-likeness (QED) is 0.581. The van der Waals surface area contributed by atoms with E-state index in [2.05, 4.69) is 5.32 Å². The average Bonchev–Trinajstić information content (AvgIpc) is 2.71. The molecule has 0 aromatic heterocycles. The number of halogens is 1. The van der Waals surface area contributed by atoms with E-state index in [4.69, 9.17) is 5.73 Å². The predicted octanol–water partition coefficient (Wildman–Crippen LogP) is 0.790. The van der Waals surface area contributed by atoms with Crippen molar-refractivity contribution in [2.45, 2.75) is 32.2 Å². The number of carbonyl (C=O) groups excluding carboxylic acids is 4. The standard InChI is InChI=1S/C15H15N3O4.ClH/c1-7-9(16)4-3-8-11(7)13(21)18(12(8)20)15(2)6-5-10(19)17-14(15)22;/h3-4H,5-6,16H2,1-2H3,(H,17,19,22);1H/t15-;/m0./s1. The molecule has 0 spiro atoms. The van der Waals surface area contributed by atoms with Crippen LogP contribution in [-0.4, -0.2) is 34.1 Å². The van der Waals surface area contributed by atoms with Crippen LogP contribution in [0.5, 0.6) is 0 Å². The van der Waals surface area contributed by atoms with E-state index in [-0.39, 0.29) is 36.4 Å². The molecule has 122 valence electrons. The van der Waals surface area contributed by atoms with Crippen molar-refractivity contribution < 1.29 is 19.2 Å². The van der Waals surface area contributed by atoms with Crippen molar-refractivity contribution in [2.24, 2.45) is 0 Å². The number of benzene rings is 1. The molecule has 1 atom stereocenters. The first-order valence-corrected chi connectivity index (χ1v) is 6.89. The van der Waals surface area contributed by atoms with E-state index in [0.717, 1.165) is 4.90 Å². The maximum absolute atomic E-state index is 12.7. The number of piperidine rings is 1. The minimum Gasteiger partial charge on any atom is -0.398 e. The maximum Gasteiger partial charge on any atom is 0.262 e. The van der Waals surface area contributed by atoms with Crippen molar-refractivity contribution in [3.63, 3.8) is 0 Å². The van der Waals surface area contributed by atoms with Gasteiger partial charge in [0.1, 0.15) is 5.54 Å². The highest BCUT2D eigenvalue weighted by molar-refractivity contribution is 6.25. The lowest BCUT2D eigenvalue weighted by Gasteiger charge is -2.38. The van der Waals surface area contributed by atoms with Crippen LogP contribution in [-0.2, 0) is 9.59 Å². The van der Waals surface area contributed by atoms with Crippen molar-refractivity contribution >= 4 is 41.7 Å². The molecule has 0 radical (unpaired) electrons. The van der Waals surface area contributed by atoms with Crippen molar-refractivity contribution in [3.8, 4) is 0 Å². The summed E-state index contributed by atoms with van der Waals surface area (Å²) >= 11 is 0. The molecule has 3 rings (SSSR count). The summed E-state index contributed by atoms with van der Waals surface area (Å²) in [6.07, 6.45) is 0.189. The fourth-order valence-electron chi connectivity index (χ4n) is 2.96. The number of carbonyl (C=O) groups is 4. The summed E-state index contributed by atoms with van der Waals surface area (Å²) in [5.41, 5.74) is 5.83. The molecule has 1 saturated heterocycles. The highest BCUT2D eigenvalue weighted by Crippen LogP contribution is 2.36. The van der Waals surface area contributed by atoms with Crippen molar-refractivity contribution in [1.29, 1.82) is 0 Å². The van der Waals surface area contributed by atoms with Gasteiger partial charge < -0.3 is 5.73 Å². The van der Waals surface area contributed by atoms with Crippen LogP contribution in [0.3, 0.4) is 0 Å². The number of imide groups is 2. The van der Waals surface area contributed by atoms with Crippen molar-refractivity contribution in [2.75, 3.05) is 5.73 Å². The van der Waals surface area contributed by atoms with Gasteiger partial charge in [-0.2, -0.15) is 0 Å². The lowest BCUT2D eigenvalue weighted by atomic mass is 9.89. The van der Waals surface area contributed by atoms with E-state index < -0.39 is 29.2 Å². The van der Waals surface area contributed by atoms with Gasteiger partial charge >= 0.3 is 0 Å². The van der Waals surface area contributed by atoms with Crippen LogP contribution in [0, 0.1) is 6.92 Å². The normalized spacial score (nSPS) is 23.5. The zero-order valence-electron chi connectivity index (χ0n) is 12.6. The van der Waals surface area contributed by atoms with Gasteiger partial charge in [0.15, 0.2) is 0 Å². The molecule has 4 amide bonds. The molecule has 3 N–H and O–H groups in total. The largest absolute Gasteiger partial charge is 0.398 e. The third kappa shape index (κ3) is 2.19. The minimum absolute atomic E-state index is 0. The SMILES string of the molecule is Cc1c(N)ccc2c1C(=O)N([C@@]1(C)CCC(=O)NC1=O)C2=O.Cl. The van der Waals surface area contributed by atoms with Gasteiger partial charge in [-0.25, -0.2) is 0 Å². The van der Waals surface area contributed by atoms with Crippen molar-refractivity contribution in [3.05, 3.63) is 28.8 Å². The Morgan fingerprint density at radius 2 is 1.83 bits per heavy atom. The number of anilines is 1. The molecule has 0 unspecified atom stereocenters. The maximum atomic E-state index is 12.7. The lowest BCUT2D eigenvalue weighted by Crippen LogP contribution is -2.62. The number of hydrogen-bond acceptors (Lipinski definition) is 5. The van der Waals surface area contributed by atoms with Crippen LogP contribution in [0.2, 0.25) is 0 Å². The Bertz CT molecular complexity index is 761. The van der Waals surface area contributed by atoms with Crippen LogP contribution >= 0.6 is 12.4 Å². The smallest absolute Gasteiger partial charge is 0.262 e. The van der Waals surface area contributed by atoms with E-state index in [1.165, 1.54) is 13.0 Å². The molecule has 2 heterocycles. The number of fused-ring (bicyclic) bond motifs is 1. The van der Waals surface area contributed by atoms with Gasteiger partial charge in [0, 0.05) is 12.1 Å². The molecule has 0 bridgehead atoms. The molecule has 0 saturated carbocycles. The number of amides is 4. The van der Waals surface area contributed by atoms with Crippen LogP contribution in [0.1, 0.15) is 46.0 Å². The number of hydrogen-bond donors (Lipinski definition) is 2. The number of nitrogen functional groups attached to an aromatic ring is 1. The molecule has 1 fully saturated rings. The van der Waals surface area contributed by atoms with Gasteiger partial charge in [-0.05, 0) is 38.0 Å². The van der Waals surface area contributed by atoms with Gasteiger partial charge in [0.2, 0.25) is 5.91 Å². The Kier molecular flexibility index (Phi) is 3.94. The summed E-state index contributed by atoms with van der Waals surface area (Å²) in [6, 6.07) is 3.06. The Hall–Kier alpha value is -2.41. The minimum atomic E-state index is -1.37. The summed E-state index contributed by atoms with van der Waals surface area (Å²) in [7, 11) is 0. The topological polar surface area (TPSA) is 110 Å². The second kappa shape index (κ2) is 5.34. The van der Waals surface area contributed by atoms with Gasteiger partial charge in [-0.15, -0.1) is 12.4 Å². The van der Waals surface area contributed by atoms with Crippen LogP contribution in [0.25, 0.3) is 0 Å². The molecule has 1 aromatic rings. The Labute approximate surface area is 138 Å². The first-order chi connectivity index (χ1) is 10.3. The molecule has 8 heteroatoms. The van der Waals surface area contributed by atoms with Gasteiger partial charge in [0.25, 0.3) is 17.7 Å².